The van der Waals surface area contributed by atoms with Gasteiger partial charge in [0.2, 0.25) is 5.91 Å². The molecule has 0 bridgehead atoms. The van der Waals surface area contributed by atoms with Gasteiger partial charge in [0.1, 0.15) is 5.54 Å². The molecule has 2 aliphatic rings. The van der Waals surface area contributed by atoms with Gasteiger partial charge in [0.05, 0.1) is 6.10 Å². The van der Waals surface area contributed by atoms with Crippen molar-refractivity contribution in [3.05, 3.63) is 35.4 Å². The molecule has 0 radical (unpaired) electrons. The van der Waals surface area contributed by atoms with Gasteiger partial charge in [-0.1, -0.05) is 24.3 Å². The Labute approximate surface area is 125 Å². The Morgan fingerprint density at radius 1 is 1.29 bits per heavy atom. The van der Waals surface area contributed by atoms with Crippen molar-refractivity contribution >= 4 is 5.91 Å². The lowest BCUT2D eigenvalue weighted by molar-refractivity contribution is -0.138. The van der Waals surface area contributed by atoms with Gasteiger partial charge in [0, 0.05) is 13.1 Å². The zero-order valence-corrected chi connectivity index (χ0v) is 12.6. The standard InChI is InChI=1S/C17H24N2O2/c1-12(20)13-6-8-19(9-7-13)16(21)17(18)10-14-4-2-3-5-15(14)11-17/h2-5,12-13,20H,6-11,18H2,1H3/t12-/m0/s1. The van der Waals surface area contributed by atoms with Gasteiger partial charge in [-0.15, -0.1) is 0 Å². The van der Waals surface area contributed by atoms with Gasteiger partial charge in [-0.25, -0.2) is 0 Å². The van der Waals surface area contributed by atoms with Crippen LogP contribution in [0.25, 0.3) is 0 Å². The number of aliphatic hydroxyl groups excluding tert-OH is 1. The molecule has 4 heteroatoms. The maximum Gasteiger partial charge on any atom is 0.243 e. The van der Waals surface area contributed by atoms with Crippen molar-refractivity contribution in [3.63, 3.8) is 0 Å². The highest BCUT2D eigenvalue weighted by atomic mass is 16.3. The third-order valence-corrected chi connectivity index (χ3v) is 5.07. The average Bonchev–Trinajstić information content (AvgIpc) is 2.84. The van der Waals surface area contributed by atoms with E-state index >= 15 is 0 Å². The summed E-state index contributed by atoms with van der Waals surface area (Å²) in [6.45, 7) is 3.26. The number of amides is 1. The summed E-state index contributed by atoms with van der Waals surface area (Å²) in [6, 6.07) is 8.14. The molecule has 1 fully saturated rings. The lowest BCUT2D eigenvalue weighted by Gasteiger charge is -2.37. The number of rotatable bonds is 2. The van der Waals surface area contributed by atoms with Crippen LogP contribution in [0.1, 0.15) is 30.9 Å². The minimum atomic E-state index is -0.776. The Morgan fingerprint density at radius 3 is 2.29 bits per heavy atom. The number of aliphatic hydroxyl groups is 1. The number of fused-ring (bicyclic) bond motifs is 1. The first kappa shape index (κ1) is 14.5. The molecule has 1 heterocycles. The van der Waals surface area contributed by atoms with Gasteiger partial charge in [-0.3, -0.25) is 4.79 Å². The monoisotopic (exact) mass is 288 g/mol. The number of carbonyl (C=O) groups excluding carboxylic acids is 1. The number of piperidine rings is 1. The van der Waals surface area contributed by atoms with Crippen LogP contribution in [-0.2, 0) is 17.6 Å². The molecule has 0 spiro atoms. The summed E-state index contributed by atoms with van der Waals surface area (Å²) in [6.07, 6.45) is 2.72. The van der Waals surface area contributed by atoms with E-state index in [1.165, 1.54) is 11.1 Å². The van der Waals surface area contributed by atoms with Crippen LogP contribution in [0.5, 0.6) is 0 Å². The predicted octanol–water partition coefficient (Wildman–Crippen LogP) is 1.10. The Morgan fingerprint density at radius 2 is 1.81 bits per heavy atom. The van der Waals surface area contributed by atoms with Gasteiger partial charge >= 0.3 is 0 Å². The van der Waals surface area contributed by atoms with Crippen molar-refractivity contribution in [1.82, 2.24) is 4.90 Å². The molecule has 114 valence electrons. The SMILES string of the molecule is C[C@H](O)C1CCN(C(=O)C2(N)Cc3ccccc3C2)CC1. The lowest BCUT2D eigenvalue weighted by Crippen LogP contribution is -2.57. The molecule has 3 N–H and O–H groups in total. The number of nitrogens with zero attached hydrogens (tertiary/aromatic N) is 1. The van der Waals surface area contributed by atoms with Crippen LogP contribution in [0, 0.1) is 5.92 Å². The number of hydrogen-bond acceptors (Lipinski definition) is 3. The van der Waals surface area contributed by atoms with Crippen molar-refractivity contribution in [2.45, 2.75) is 44.2 Å². The zero-order chi connectivity index (χ0) is 15.0. The third-order valence-electron chi connectivity index (χ3n) is 5.07. The Balaban J connectivity index is 1.67. The fraction of sp³-hybridized carbons (Fsp3) is 0.588. The highest BCUT2D eigenvalue weighted by Crippen LogP contribution is 2.31. The second-order valence-electron chi connectivity index (χ2n) is 6.65. The number of benzene rings is 1. The van der Waals surface area contributed by atoms with Crippen LogP contribution in [-0.4, -0.2) is 40.6 Å². The first-order valence-electron chi connectivity index (χ1n) is 7.83. The summed E-state index contributed by atoms with van der Waals surface area (Å²) >= 11 is 0. The van der Waals surface area contributed by atoms with E-state index in [9.17, 15) is 9.90 Å². The Hall–Kier alpha value is -1.39. The second-order valence-corrected chi connectivity index (χ2v) is 6.65. The van der Waals surface area contributed by atoms with E-state index in [1.54, 1.807) is 0 Å². The fourth-order valence-corrected chi connectivity index (χ4v) is 3.70. The van der Waals surface area contributed by atoms with Gasteiger partial charge < -0.3 is 15.7 Å². The fourth-order valence-electron chi connectivity index (χ4n) is 3.70. The van der Waals surface area contributed by atoms with Crippen LogP contribution >= 0.6 is 0 Å². The number of carbonyl (C=O) groups is 1. The Kier molecular flexibility index (Phi) is 3.76. The van der Waals surface area contributed by atoms with Crippen molar-refractivity contribution in [1.29, 1.82) is 0 Å². The van der Waals surface area contributed by atoms with E-state index in [0.29, 0.717) is 31.8 Å². The first-order chi connectivity index (χ1) is 9.99. The summed E-state index contributed by atoms with van der Waals surface area (Å²) in [5.41, 5.74) is 8.06. The van der Waals surface area contributed by atoms with Crippen molar-refractivity contribution in [2.75, 3.05) is 13.1 Å². The summed E-state index contributed by atoms with van der Waals surface area (Å²) in [7, 11) is 0. The predicted molar refractivity (Wildman–Crippen MR) is 81.8 cm³/mol. The molecule has 1 amide bonds. The first-order valence-corrected chi connectivity index (χ1v) is 7.83. The van der Waals surface area contributed by atoms with Crippen LogP contribution in [0.4, 0.5) is 0 Å². The molecule has 21 heavy (non-hydrogen) atoms. The van der Waals surface area contributed by atoms with E-state index in [1.807, 2.05) is 24.0 Å². The largest absolute Gasteiger partial charge is 0.393 e. The summed E-state index contributed by atoms with van der Waals surface area (Å²) in [5.74, 6) is 0.381. The average molecular weight is 288 g/mol. The topological polar surface area (TPSA) is 66.6 Å². The second kappa shape index (κ2) is 5.43. The molecule has 0 aromatic heterocycles. The molecular formula is C17H24N2O2. The van der Waals surface area contributed by atoms with Crippen molar-refractivity contribution in [2.24, 2.45) is 11.7 Å². The summed E-state index contributed by atoms with van der Waals surface area (Å²) in [5, 5.41) is 9.65. The Bertz CT molecular complexity index is 508. The smallest absolute Gasteiger partial charge is 0.243 e. The molecule has 3 rings (SSSR count). The highest BCUT2D eigenvalue weighted by molar-refractivity contribution is 5.88. The van der Waals surface area contributed by atoms with E-state index < -0.39 is 5.54 Å². The van der Waals surface area contributed by atoms with Gasteiger partial charge in [-0.2, -0.15) is 0 Å². The molecular weight excluding hydrogens is 264 g/mol. The maximum atomic E-state index is 12.8. The molecule has 1 aromatic rings. The lowest BCUT2D eigenvalue weighted by atomic mass is 9.89. The van der Waals surface area contributed by atoms with E-state index in [-0.39, 0.29) is 12.0 Å². The zero-order valence-electron chi connectivity index (χ0n) is 12.6. The normalized spacial score (nSPS) is 22.9. The van der Waals surface area contributed by atoms with E-state index in [4.69, 9.17) is 5.73 Å². The highest BCUT2D eigenvalue weighted by Gasteiger charge is 2.43. The minimum Gasteiger partial charge on any atom is -0.393 e. The van der Waals surface area contributed by atoms with Gasteiger partial charge in [-0.05, 0) is 49.7 Å². The number of nitrogens with two attached hydrogens (primary N) is 1. The van der Waals surface area contributed by atoms with E-state index in [2.05, 4.69) is 12.1 Å². The molecule has 1 aliphatic heterocycles. The van der Waals surface area contributed by atoms with Crippen LogP contribution in [0.2, 0.25) is 0 Å². The quantitative estimate of drug-likeness (QED) is 0.856. The molecule has 4 nitrogen and oxygen atoms in total. The summed E-state index contributed by atoms with van der Waals surface area (Å²) < 4.78 is 0. The summed E-state index contributed by atoms with van der Waals surface area (Å²) in [4.78, 5) is 14.7. The number of likely N-dealkylation sites (tertiary alicyclic amines) is 1. The minimum absolute atomic E-state index is 0.0720. The van der Waals surface area contributed by atoms with Gasteiger partial charge in [0.25, 0.3) is 0 Å². The van der Waals surface area contributed by atoms with Crippen LogP contribution < -0.4 is 5.73 Å². The van der Waals surface area contributed by atoms with Crippen molar-refractivity contribution < 1.29 is 9.90 Å². The van der Waals surface area contributed by atoms with Crippen molar-refractivity contribution in [3.8, 4) is 0 Å². The van der Waals surface area contributed by atoms with E-state index in [0.717, 1.165) is 12.8 Å². The third kappa shape index (κ3) is 2.70. The maximum absolute atomic E-state index is 12.8. The molecule has 1 aliphatic carbocycles. The number of hydrogen-bond donors (Lipinski definition) is 2. The molecule has 0 saturated carbocycles. The molecule has 0 unspecified atom stereocenters. The molecule has 1 aromatic carbocycles. The molecule has 1 atom stereocenters. The molecule has 1 saturated heterocycles. The van der Waals surface area contributed by atoms with Crippen LogP contribution in [0.15, 0.2) is 24.3 Å². The van der Waals surface area contributed by atoms with Crippen LogP contribution in [0.3, 0.4) is 0 Å². The van der Waals surface area contributed by atoms with Gasteiger partial charge in [0.15, 0.2) is 0 Å².